The van der Waals surface area contributed by atoms with Crippen molar-refractivity contribution >= 4 is 23.2 Å². The van der Waals surface area contributed by atoms with Gasteiger partial charge in [-0.15, -0.1) is 0 Å². The van der Waals surface area contributed by atoms with Crippen LogP contribution in [0.15, 0.2) is 36.4 Å². The highest BCUT2D eigenvalue weighted by molar-refractivity contribution is 6.35. The van der Waals surface area contributed by atoms with Crippen LogP contribution in [0.3, 0.4) is 0 Å². The van der Waals surface area contributed by atoms with Crippen molar-refractivity contribution in [3.63, 3.8) is 0 Å². The van der Waals surface area contributed by atoms with Crippen LogP contribution < -0.4 is 5.73 Å². The summed E-state index contributed by atoms with van der Waals surface area (Å²) in [5.41, 5.74) is 7.68. The van der Waals surface area contributed by atoms with Gasteiger partial charge in [0, 0.05) is 15.6 Å². The first kappa shape index (κ1) is 13.3. The van der Waals surface area contributed by atoms with Crippen molar-refractivity contribution in [1.82, 2.24) is 0 Å². The van der Waals surface area contributed by atoms with Crippen LogP contribution >= 0.6 is 23.2 Å². The van der Waals surface area contributed by atoms with Crippen LogP contribution in [-0.2, 0) is 6.42 Å². The van der Waals surface area contributed by atoms with Crippen LogP contribution in [0.25, 0.3) is 11.1 Å². The molecule has 0 fully saturated rings. The second kappa shape index (κ2) is 5.70. The quantitative estimate of drug-likeness (QED) is 0.893. The zero-order chi connectivity index (χ0) is 13.1. The highest BCUT2D eigenvalue weighted by Crippen LogP contribution is 2.31. The van der Waals surface area contributed by atoms with Crippen molar-refractivity contribution in [2.45, 2.75) is 6.42 Å². The van der Waals surface area contributed by atoms with Crippen LogP contribution in [0.1, 0.15) is 5.56 Å². The number of benzene rings is 2. The lowest BCUT2D eigenvalue weighted by Crippen LogP contribution is -2.04. The second-order valence-corrected chi connectivity index (χ2v) is 4.81. The fourth-order valence-electron chi connectivity index (χ4n) is 1.81. The topological polar surface area (TPSA) is 26.0 Å². The lowest BCUT2D eigenvalue weighted by atomic mass is 10.0. The molecule has 94 valence electrons. The summed E-state index contributed by atoms with van der Waals surface area (Å²) in [4.78, 5) is 0. The molecule has 0 amide bonds. The van der Waals surface area contributed by atoms with E-state index in [1.165, 1.54) is 6.07 Å². The Morgan fingerprint density at radius 3 is 2.56 bits per heavy atom. The average Bonchev–Trinajstić information content (AvgIpc) is 2.35. The first-order chi connectivity index (χ1) is 8.61. The molecule has 0 aliphatic heterocycles. The van der Waals surface area contributed by atoms with Gasteiger partial charge < -0.3 is 5.73 Å². The molecular weight excluding hydrogens is 272 g/mol. The van der Waals surface area contributed by atoms with Gasteiger partial charge in [0.15, 0.2) is 0 Å². The summed E-state index contributed by atoms with van der Waals surface area (Å²) in [7, 11) is 0. The molecule has 0 spiro atoms. The van der Waals surface area contributed by atoms with Gasteiger partial charge in [-0.25, -0.2) is 4.39 Å². The third kappa shape index (κ3) is 2.83. The van der Waals surface area contributed by atoms with E-state index in [9.17, 15) is 4.39 Å². The Hall–Kier alpha value is -1.09. The molecule has 0 radical (unpaired) electrons. The van der Waals surface area contributed by atoms with E-state index in [2.05, 4.69) is 0 Å². The zero-order valence-electron chi connectivity index (χ0n) is 9.59. The van der Waals surface area contributed by atoms with Crippen molar-refractivity contribution in [1.29, 1.82) is 0 Å². The van der Waals surface area contributed by atoms with Crippen LogP contribution in [-0.4, -0.2) is 6.54 Å². The van der Waals surface area contributed by atoms with Crippen LogP contribution in [0, 0.1) is 5.82 Å². The maximum Gasteiger partial charge on any atom is 0.126 e. The maximum absolute atomic E-state index is 13.5. The molecule has 0 aliphatic carbocycles. The van der Waals surface area contributed by atoms with Crippen molar-refractivity contribution < 1.29 is 4.39 Å². The van der Waals surface area contributed by atoms with Crippen molar-refractivity contribution in [3.05, 3.63) is 57.8 Å². The normalized spacial score (nSPS) is 10.7. The number of halogens is 3. The van der Waals surface area contributed by atoms with Crippen LogP contribution in [0.2, 0.25) is 10.0 Å². The lowest BCUT2D eigenvalue weighted by molar-refractivity contribution is 0.610. The summed E-state index contributed by atoms with van der Waals surface area (Å²) in [5.74, 6) is -0.248. The highest BCUT2D eigenvalue weighted by atomic mass is 35.5. The third-order valence-electron chi connectivity index (χ3n) is 2.70. The van der Waals surface area contributed by atoms with Crippen LogP contribution in [0.4, 0.5) is 4.39 Å². The third-order valence-corrected chi connectivity index (χ3v) is 3.26. The predicted octanol–water partition coefficient (Wildman–Crippen LogP) is 4.30. The predicted molar refractivity (Wildman–Crippen MR) is 74.6 cm³/mol. The number of rotatable bonds is 3. The monoisotopic (exact) mass is 283 g/mol. The molecule has 0 aromatic heterocycles. The largest absolute Gasteiger partial charge is 0.330 e. The minimum absolute atomic E-state index is 0.248. The van der Waals surface area contributed by atoms with Crippen LogP contribution in [0.5, 0.6) is 0 Å². The minimum atomic E-state index is -0.248. The number of hydrogen-bond donors (Lipinski definition) is 1. The molecule has 2 rings (SSSR count). The van der Waals surface area contributed by atoms with E-state index in [-0.39, 0.29) is 5.82 Å². The standard InChI is InChI=1S/C14H12Cl2FN/c15-11-2-3-13(16)12(8-11)9-1-4-14(17)10(7-9)5-6-18/h1-4,7-8H,5-6,18H2. The summed E-state index contributed by atoms with van der Waals surface area (Å²) < 4.78 is 13.5. The van der Waals surface area contributed by atoms with Gasteiger partial charge in [-0.3, -0.25) is 0 Å². The van der Waals surface area contributed by atoms with Gasteiger partial charge in [0.25, 0.3) is 0 Å². The van der Waals surface area contributed by atoms with E-state index >= 15 is 0 Å². The van der Waals surface area contributed by atoms with Crippen molar-refractivity contribution in [2.75, 3.05) is 6.54 Å². The van der Waals surface area contributed by atoms with Crippen molar-refractivity contribution in [3.8, 4) is 11.1 Å². The molecule has 1 nitrogen and oxygen atoms in total. The Kier molecular flexibility index (Phi) is 4.23. The van der Waals surface area contributed by atoms with E-state index in [0.29, 0.717) is 28.6 Å². The highest BCUT2D eigenvalue weighted by Gasteiger charge is 2.08. The molecule has 2 aromatic carbocycles. The fraction of sp³-hybridized carbons (Fsp3) is 0.143. The Morgan fingerprint density at radius 1 is 1.06 bits per heavy atom. The van der Waals surface area contributed by atoms with E-state index in [1.54, 1.807) is 30.3 Å². The van der Waals surface area contributed by atoms with E-state index in [0.717, 1.165) is 11.1 Å². The summed E-state index contributed by atoms with van der Waals surface area (Å²) >= 11 is 12.1. The van der Waals surface area contributed by atoms with Gasteiger partial charge >= 0.3 is 0 Å². The first-order valence-corrected chi connectivity index (χ1v) is 6.31. The van der Waals surface area contributed by atoms with Gasteiger partial charge in [0.1, 0.15) is 5.82 Å². The average molecular weight is 284 g/mol. The maximum atomic E-state index is 13.5. The van der Waals surface area contributed by atoms with Gasteiger partial charge in [-0.05, 0) is 54.4 Å². The smallest absolute Gasteiger partial charge is 0.126 e. The van der Waals surface area contributed by atoms with E-state index in [4.69, 9.17) is 28.9 Å². The van der Waals surface area contributed by atoms with E-state index in [1.807, 2.05) is 0 Å². The Labute approximate surface area is 115 Å². The molecule has 0 atom stereocenters. The van der Waals surface area contributed by atoms with E-state index < -0.39 is 0 Å². The molecule has 0 aliphatic rings. The Balaban J connectivity index is 2.50. The molecule has 0 saturated carbocycles. The zero-order valence-corrected chi connectivity index (χ0v) is 11.1. The summed E-state index contributed by atoms with van der Waals surface area (Å²) in [6.45, 7) is 0.406. The molecule has 18 heavy (non-hydrogen) atoms. The Morgan fingerprint density at radius 2 is 1.83 bits per heavy atom. The summed E-state index contributed by atoms with van der Waals surface area (Å²) in [6.07, 6.45) is 0.498. The first-order valence-electron chi connectivity index (χ1n) is 5.55. The Bertz CT molecular complexity index is 570. The van der Waals surface area contributed by atoms with Gasteiger partial charge in [0.2, 0.25) is 0 Å². The molecule has 4 heteroatoms. The molecule has 2 N–H and O–H groups in total. The van der Waals surface area contributed by atoms with Gasteiger partial charge in [-0.2, -0.15) is 0 Å². The minimum Gasteiger partial charge on any atom is -0.330 e. The summed E-state index contributed by atoms with van der Waals surface area (Å²) in [6, 6.07) is 10.1. The van der Waals surface area contributed by atoms with Crippen molar-refractivity contribution in [2.24, 2.45) is 5.73 Å². The molecule has 2 aromatic rings. The van der Waals surface area contributed by atoms with Gasteiger partial charge in [0.05, 0.1) is 0 Å². The summed E-state index contributed by atoms with van der Waals surface area (Å²) in [5, 5.41) is 1.18. The molecule has 0 heterocycles. The fourth-order valence-corrected chi connectivity index (χ4v) is 2.21. The number of nitrogens with two attached hydrogens (primary N) is 1. The lowest BCUT2D eigenvalue weighted by Gasteiger charge is -2.08. The van der Waals surface area contributed by atoms with Gasteiger partial charge in [-0.1, -0.05) is 29.3 Å². The molecule has 0 unspecified atom stereocenters. The SMILES string of the molecule is NCCc1cc(-c2cc(Cl)ccc2Cl)ccc1F. The molecule has 0 saturated heterocycles. The molecular formula is C14H12Cl2FN. The number of hydrogen-bond acceptors (Lipinski definition) is 1. The molecule has 0 bridgehead atoms. The second-order valence-electron chi connectivity index (χ2n) is 3.97.